The second-order valence-electron chi connectivity index (χ2n) is 10.3. The molecule has 0 unspecified atom stereocenters. The van der Waals surface area contributed by atoms with E-state index in [0.29, 0.717) is 0 Å². The highest BCUT2D eigenvalue weighted by molar-refractivity contribution is 6.16. The van der Waals surface area contributed by atoms with Crippen molar-refractivity contribution in [3.63, 3.8) is 0 Å². The van der Waals surface area contributed by atoms with Crippen molar-refractivity contribution in [1.82, 2.24) is 8.97 Å². The number of hydrogen-bond donors (Lipinski definition) is 0. The average molecular weight is 490 g/mol. The quantitative estimate of drug-likeness (QED) is 0.224. The lowest BCUT2D eigenvalue weighted by Crippen LogP contribution is -2.21. The standard InChI is InChI=1S/C35H27N3/c1-23-13-3-9-19-30(23)36-24(2)37-31-20-10-6-16-27(31)25-14-4-5-15-26(25)28-17-7-11-21-32(28)38-33-22-12-8-18-29(33)34(36)35(37)38/h3-22,24H,1-2H3/t24-/m1/s1. The molecule has 0 N–H and O–H groups in total. The van der Waals surface area contributed by atoms with Crippen LogP contribution in [0.15, 0.2) is 121 Å². The fourth-order valence-corrected chi connectivity index (χ4v) is 6.62. The van der Waals surface area contributed by atoms with Crippen molar-refractivity contribution < 1.29 is 0 Å². The Kier molecular flexibility index (Phi) is 4.42. The van der Waals surface area contributed by atoms with Crippen LogP contribution in [0, 0.1) is 6.92 Å². The Labute approximate surface area is 221 Å². The number of benzene rings is 5. The van der Waals surface area contributed by atoms with Gasteiger partial charge >= 0.3 is 0 Å². The molecule has 1 atom stereocenters. The molecule has 3 heteroatoms. The highest BCUT2D eigenvalue weighted by atomic mass is 15.4. The molecular weight excluding hydrogens is 462 g/mol. The van der Waals surface area contributed by atoms with E-state index in [1.807, 2.05) is 0 Å². The van der Waals surface area contributed by atoms with Gasteiger partial charge in [0.2, 0.25) is 0 Å². The zero-order valence-corrected chi connectivity index (χ0v) is 21.5. The zero-order valence-electron chi connectivity index (χ0n) is 21.5. The molecule has 8 rings (SSSR count). The molecule has 0 saturated carbocycles. The number of anilines is 2. The molecule has 3 nitrogen and oxygen atoms in total. The van der Waals surface area contributed by atoms with Crippen LogP contribution < -0.4 is 4.90 Å². The van der Waals surface area contributed by atoms with E-state index in [9.17, 15) is 0 Å². The summed E-state index contributed by atoms with van der Waals surface area (Å²) in [4.78, 5) is 2.54. The third kappa shape index (κ3) is 2.73. The lowest BCUT2D eigenvalue weighted by Gasteiger charge is -2.28. The molecule has 5 aromatic carbocycles. The Bertz CT molecular complexity index is 2130. The number of hydrogen-bond acceptors (Lipinski definition) is 1. The van der Waals surface area contributed by atoms with Crippen LogP contribution >= 0.6 is 0 Å². The summed E-state index contributed by atoms with van der Waals surface area (Å²) in [7, 11) is 0. The van der Waals surface area contributed by atoms with E-state index in [-0.39, 0.29) is 6.17 Å². The van der Waals surface area contributed by atoms with E-state index in [2.05, 4.69) is 149 Å². The van der Waals surface area contributed by atoms with Crippen LogP contribution in [0.3, 0.4) is 0 Å². The smallest absolute Gasteiger partial charge is 0.145 e. The fourth-order valence-electron chi connectivity index (χ4n) is 6.62. The predicted octanol–water partition coefficient (Wildman–Crippen LogP) is 9.46. The molecule has 1 aliphatic heterocycles. The largest absolute Gasteiger partial charge is 0.316 e. The summed E-state index contributed by atoms with van der Waals surface area (Å²) >= 11 is 0. The van der Waals surface area contributed by atoms with Crippen molar-refractivity contribution in [1.29, 1.82) is 0 Å². The molecule has 0 amide bonds. The van der Waals surface area contributed by atoms with E-state index >= 15 is 0 Å². The van der Waals surface area contributed by atoms with Crippen LogP contribution in [0.1, 0.15) is 18.7 Å². The van der Waals surface area contributed by atoms with E-state index in [1.54, 1.807) is 0 Å². The number of nitrogens with zero attached hydrogens (tertiary/aromatic N) is 3. The maximum atomic E-state index is 2.55. The number of para-hydroxylation sites is 4. The number of aromatic nitrogens is 2. The molecule has 7 aromatic rings. The Morgan fingerprint density at radius 1 is 0.500 bits per heavy atom. The minimum atomic E-state index is 0.0792. The van der Waals surface area contributed by atoms with Gasteiger partial charge in [0.15, 0.2) is 0 Å². The highest BCUT2D eigenvalue weighted by Crippen LogP contribution is 2.49. The van der Waals surface area contributed by atoms with Crippen LogP contribution in [0.2, 0.25) is 0 Å². The van der Waals surface area contributed by atoms with Crippen molar-refractivity contribution in [3.8, 4) is 0 Å². The third-order valence-corrected chi connectivity index (χ3v) is 8.23. The van der Waals surface area contributed by atoms with Gasteiger partial charge in [0.05, 0.1) is 22.2 Å². The predicted molar refractivity (Wildman–Crippen MR) is 161 cm³/mol. The summed E-state index contributed by atoms with van der Waals surface area (Å²) < 4.78 is 5.05. The minimum Gasteiger partial charge on any atom is -0.316 e. The van der Waals surface area contributed by atoms with Gasteiger partial charge in [0, 0.05) is 21.8 Å². The summed E-state index contributed by atoms with van der Waals surface area (Å²) in [5.74, 6) is 0. The van der Waals surface area contributed by atoms with Crippen molar-refractivity contribution in [2.45, 2.75) is 20.0 Å². The first-order valence-corrected chi connectivity index (χ1v) is 13.3. The third-order valence-electron chi connectivity index (χ3n) is 8.23. The van der Waals surface area contributed by atoms with E-state index in [4.69, 9.17) is 0 Å². The molecule has 0 aliphatic carbocycles. The van der Waals surface area contributed by atoms with E-state index < -0.39 is 0 Å². The Morgan fingerprint density at radius 3 is 1.63 bits per heavy atom. The first-order chi connectivity index (χ1) is 18.7. The zero-order chi connectivity index (χ0) is 25.4. The summed E-state index contributed by atoms with van der Waals surface area (Å²) in [5, 5.41) is 6.27. The first-order valence-electron chi connectivity index (χ1n) is 13.3. The Morgan fingerprint density at radius 2 is 0.974 bits per heavy atom. The van der Waals surface area contributed by atoms with Crippen molar-refractivity contribution in [3.05, 3.63) is 127 Å². The molecule has 0 fully saturated rings. The van der Waals surface area contributed by atoms with Gasteiger partial charge in [-0.05, 0) is 54.4 Å². The minimum absolute atomic E-state index is 0.0792. The number of aryl methyl sites for hydroxylation is 1. The maximum Gasteiger partial charge on any atom is 0.145 e. The van der Waals surface area contributed by atoms with Gasteiger partial charge in [0.25, 0.3) is 0 Å². The van der Waals surface area contributed by atoms with Gasteiger partial charge in [-0.2, -0.15) is 0 Å². The van der Waals surface area contributed by atoms with Gasteiger partial charge < -0.3 is 9.47 Å². The highest BCUT2D eigenvalue weighted by Gasteiger charge is 2.34. The Balaban J connectivity index is 1.76. The molecule has 0 radical (unpaired) electrons. The Hall–Kier alpha value is -4.76. The van der Waals surface area contributed by atoms with Gasteiger partial charge in [-0.3, -0.25) is 4.40 Å². The molecule has 182 valence electrons. The molecule has 1 aliphatic rings. The molecule has 0 saturated heterocycles. The lowest BCUT2D eigenvalue weighted by atomic mass is 10.0. The van der Waals surface area contributed by atoms with Gasteiger partial charge in [0.1, 0.15) is 11.8 Å². The van der Waals surface area contributed by atoms with Crippen LogP contribution in [0.25, 0.3) is 49.1 Å². The van der Waals surface area contributed by atoms with Crippen LogP contribution in [-0.2, 0) is 0 Å². The molecule has 2 aromatic heterocycles. The van der Waals surface area contributed by atoms with Gasteiger partial charge in [-0.25, -0.2) is 0 Å². The second kappa shape index (κ2) is 7.87. The molecular formula is C35H27N3. The van der Waals surface area contributed by atoms with E-state index in [1.165, 1.54) is 66.1 Å². The fraction of sp³-hybridized carbons (Fsp3) is 0.0857. The lowest BCUT2D eigenvalue weighted by molar-refractivity contribution is 0.612. The number of fused-ring (bicyclic) bond motifs is 10. The molecule has 0 bridgehead atoms. The molecule has 0 spiro atoms. The second-order valence-corrected chi connectivity index (χ2v) is 10.3. The van der Waals surface area contributed by atoms with Crippen molar-refractivity contribution in [2.75, 3.05) is 4.90 Å². The maximum absolute atomic E-state index is 2.55. The van der Waals surface area contributed by atoms with E-state index in [0.717, 1.165) is 0 Å². The van der Waals surface area contributed by atoms with Crippen molar-refractivity contribution in [2.24, 2.45) is 0 Å². The summed E-state index contributed by atoms with van der Waals surface area (Å²) in [5.41, 5.74) is 8.64. The van der Waals surface area contributed by atoms with Crippen LogP contribution in [-0.4, -0.2) is 8.97 Å². The normalized spacial score (nSPS) is 14.8. The SMILES string of the molecule is Cc1ccccc1N1c2c3ccccc3n3c4ccccc4c4ccccc4c4ccccc4n(c23)[C@@H]1C. The summed E-state index contributed by atoms with van der Waals surface area (Å²) in [6.07, 6.45) is 0.0792. The van der Waals surface area contributed by atoms with Crippen LogP contribution in [0.5, 0.6) is 0 Å². The van der Waals surface area contributed by atoms with Gasteiger partial charge in [-0.1, -0.05) is 97.1 Å². The average Bonchev–Trinajstić information content (AvgIpc) is 3.45. The van der Waals surface area contributed by atoms with Crippen molar-refractivity contribution >= 4 is 60.5 Å². The first kappa shape index (κ1) is 21.3. The molecule has 38 heavy (non-hydrogen) atoms. The topological polar surface area (TPSA) is 12.6 Å². The van der Waals surface area contributed by atoms with Crippen LogP contribution in [0.4, 0.5) is 11.4 Å². The number of rotatable bonds is 1. The monoisotopic (exact) mass is 489 g/mol. The van der Waals surface area contributed by atoms with Gasteiger partial charge in [-0.15, -0.1) is 0 Å². The summed E-state index contributed by atoms with van der Waals surface area (Å²) in [6, 6.07) is 44.2. The summed E-state index contributed by atoms with van der Waals surface area (Å²) in [6.45, 7) is 4.55. The molecule has 3 heterocycles.